The number of aliphatic hydroxyl groups is 2. The van der Waals surface area contributed by atoms with Crippen LogP contribution >= 0.6 is 0 Å². The minimum atomic E-state index is -0.900. The van der Waals surface area contributed by atoms with Crippen LogP contribution in [0, 0.1) is 5.92 Å². The van der Waals surface area contributed by atoms with Gasteiger partial charge in [0, 0.05) is 44.1 Å². The lowest BCUT2D eigenvalue weighted by Gasteiger charge is -2.42. The van der Waals surface area contributed by atoms with Crippen LogP contribution in [0.25, 0.3) is 0 Å². The van der Waals surface area contributed by atoms with E-state index in [1.54, 1.807) is 0 Å². The minimum absolute atomic E-state index is 0.0719. The van der Waals surface area contributed by atoms with Gasteiger partial charge in [-0.1, -0.05) is 54.6 Å². The number of amides is 2. The highest BCUT2D eigenvalue weighted by Gasteiger charge is 2.38. The van der Waals surface area contributed by atoms with Crippen molar-refractivity contribution in [2.75, 3.05) is 32.7 Å². The second kappa shape index (κ2) is 15.1. The van der Waals surface area contributed by atoms with E-state index in [9.17, 15) is 24.6 Å². The summed E-state index contributed by atoms with van der Waals surface area (Å²) >= 11 is 0. The second-order valence-electron chi connectivity index (χ2n) is 14.8. The van der Waals surface area contributed by atoms with Gasteiger partial charge in [-0.25, -0.2) is 0 Å². The Morgan fingerprint density at radius 1 is 0.978 bits per heavy atom. The van der Waals surface area contributed by atoms with Crippen LogP contribution in [0.5, 0.6) is 0 Å². The summed E-state index contributed by atoms with van der Waals surface area (Å²) < 4.78 is 5.51. The summed E-state index contributed by atoms with van der Waals surface area (Å²) in [5.41, 5.74) is 1.84. The zero-order chi connectivity index (χ0) is 33.6. The molecule has 252 valence electrons. The molecule has 4 rings (SSSR count). The lowest BCUT2D eigenvalue weighted by molar-refractivity contribution is -0.157. The molecule has 0 radical (unpaired) electrons. The topological polar surface area (TPSA) is 131 Å². The fourth-order valence-corrected chi connectivity index (χ4v) is 6.37. The van der Waals surface area contributed by atoms with Crippen molar-refractivity contribution >= 4 is 17.8 Å². The number of carbonyl (C=O) groups is 3. The number of nitrogens with zero attached hydrogens (tertiary/aromatic N) is 2. The van der Waals surface area contributed by atoms with E-state index in [4.69, 9.17) is 4.74 Å². The highest BCUT2D eigenvalue weighted by atomic mass is 16.6. The molecule has 1 fully saturated rings. The number of rotatable bonds is 11. The largest absolute Gasteiger partial charge is 0.459 e. The Hall–Kier alpha value is -3.31. The molecule has 46 heavy (non-hydrogen) atoms. The molecule has 1 saturated heterocycles. The molecule has 10 heteroatoms. The molecule has 0 spiro atoms. The first-order chi connectivity index (χ1) is 21.6. The van der Waals surface area contributed by atoms with Gasteiger partial charge in [-0.3, -0.25) is 24.2 Å². The van der Waals surface area contributed by atoms with E-state index in [0.717, 1.165) is 16.7 Å². The number of fused-ring (bicyclic) bond motifs is 1. The number of carbonyl (C=O) groups excluding carboxylic acids is 3. The highest BCUT2D eigenvalue weighted by Crippen LogP contribution is 2.32. The molecular weight excluding hydrogens is 584 g/mol. The maximum atomic E-state index is 13.8. The number of β-amino-alcohol motifs (C(OH)–C–C–N with tert-alkyl or cyclic N) is 1. The molecule has 10 nitrogen and oxygen atoms in total. The van der Waals surface area contributed by atoms with Crippen molar-refractivity contribution in [3.05, 3.63) is 71.3 Å². The highest BCUT2D eigenvalue weighted by molar-refractivity contribution is 5.83. The lowest BCUT2D eigenvalue weighted by atomic mass is 9.91. The third kappa shape index (κ3) is 10.4. The summed E-state index contributed by atoms with van der Waals surface area (Å²) in [5, 5.41) is 28.4. The van der Waals surface area contributed by atoms with E-state index in [2.05, 4.69) is 10.6 Å². The summed E-state index contributed by atoms with van der Waals surface area (Å²) in [7, 11) is 0. The Kier molecular flexibility index (Phi) is 11.6. The SMILES string of the molecule is CC(C)(C)NC(=O)[C@@H]1CN(CC(=O)OC(C)(C)C)CCN1C[C@@H](O)C[C@H](Cc1ccccc1)C(=O)N[C@H]1c2ccccc2C[C@H]1O. The van der Waals surface area contributed by atoms with Crippen LogP contribution in [-0.4, -0.2) is 99.9 Å². The van der Waals surface area contributed by atoms with E-state index in [1.165, 1.54) is 0 Å². The fourth-order valence-electron chi connectivity index (χ4n) is 6.37. The zero-order valence-corrected chi connectivity index (χ0v) is 28.2. The molecular formula is C36H52N4O6. The number of aliphatic hydroxyl groups excluding tert-OH is 2. The first-order valence-electron chi connectivity index (χ1n) is 16.4. The van der Waals surface area contributed by atoms with Crippen molar-refractivity contribution < 1.29 is 29.3 Å². The number of hydrogen-bond acceptors (Lipinski definition) is 8. The second-order valence-corrected chi connectivity index (χ2v) is 14.8. The molecule has 0 aromatic heterocycles. The molecule has 0 unspecified atom stereocenters. The van der Waals surface area contributed by atoms with Crippen LogP contribution in [0.4, 0.5) is 0 Å². The van der Waals surface area contributed by atoms with Gasteiger partial charge in [-0.15, -0.1) is 0 Å². The molecule has 1 aliphatic carbocycles. The van der Waals surface area contributed by atoms with E-state index in [-0.39, 0.29) is 37.3 Å². The van der Waals surface area contributed by atoms with E-state index in [0.29, 0.717) is 32.5 Å². The Labute approximate surface area is 273 Å². The zero-order valence-electron chi connectivity index (χ0n) is 28.2. The number of nitrogens with one attached hydrogen (secondary N) is 2. The summed E-state index contributed by atoms with van der Waals surface area (Å²) in [4.78, 5) is 43.7. The van der Waals surface area contributed by atoms with Crippen LogP contribution < -0.4 is 10.6 Å². The average molecular weight is 637 g/mol. The van der Waals surface area contributed by atoms with Gasteiger partial charge >= 0.3 is 5.97 Å². The van der Waals surface area contributed by atoms with Gasteiger partial charge in [0.1, 0.15) is 11.6 Å². The van der Waals surface area contributed by atoms with Gasteiger partial charge in [-0.05, 0) is 71.1 Å². The number of hydrogen-bond donors (Lipinski definition) is 4. The average Bonchev–Trinajstić information content (AvgIpc) is 3.26. The van der Waals surface area contributed by atoms with Crippen LogP contribution in [-0.2, 0) is 32.0 Å². The van der Waals surface area contributed by atoms with Crippen molar-refractivity contribution in [3.63, 3.8) is 0 Å². The van der Waals surface area contributed by atoms with Crippen molar-refractivity contribution in [1.29, 1.82) is 0 Å². The predicted octanol–water partition coefficient (Wildman–Crippen LogP) is 2.61. The molecule has 0 saturated carbocycles. The summed E-state index contributed by atoms with van der Waals surface area (Å²) in [6, 6.07) is 16.3. The number of piperazine rings is 1. The van der Waals surface area contributed by atoms with E-state index in [1.807, 2.05) is 106 Å². The lowest BCUT2D eigenvalue weighted by Crippen LogP contribution is -2.62. The summed E-state index contributed by atoms with van der Waals surface area (Å²) in [6.45, 7) is 12.8. The van der Waals surface area contributed by atoms with Crippen molar-refractivity contribution in [2.45, 2.75) is 96.2 Å². The quantitative estimate of drug-likeness (QED) is 0.277. The Morgan fingerprint density at radius 2 is 1.65 bits per heavy atom. The van der Waals surface area contributed by atoms with Gasteiger partial charge < -0.3 is 25.6 Å². The molecule has 1 heterocycles. The van der Waals surface area contributed by atoms with Gasteiger partial charge in [0.25, 0.3) is 0 Å². The third-order valence-corrected chi connectivity index (χ3v) is 8.35. The molecule has 2 aromatic rings. The Balaban J connectivity index is 1.47. The molecule has 5 atom stereocenters. The van der Waals surface area contributed by atoms with Crippen molar-refractivity contribution in [2.24, 2.45) is 5.92 Å². The van der Waals surface area contributed by atoms with Gasteiger partial charge in [0.2, 0.25) is 11.8 Å². The van der Waals surface area contributed by atoms with Gasteiger partial charge in [-0.2, -0.15) is 0 Å². The van der Waals surface area contributed by atoms with E-state index < -0.39 is 41.3 Å². The molecule has 4 N–H and O–H groups in total. The Bertz CT molecular complexity index is 1340. The van der Waals surface area contributed by atoms with Crippen LogP contribution in [0.15, 0.2) is 54.6 Å². The van der Waals surface area contributed by atoms with Crippen molar-refractivity contribution in [3.8, 4) is 0 Å². The number of esters is 1. The minimum Gasteiger partial charge on any atom is -0.459 e. The standard InChI is InChI=1S/C36H52N4O6/c1-35(2,3)38-34(45)29-22-39(23-31(43)46-36(4,5)6)16-17-40(29)21-27(41)19-26(18-24-12-8-7-9-13-24)33(44)37-32-28-15-11-10-14-25(28)20-30(32)42/h7-15,26-27,29-30,32,41-42H,16-23H2,1-6H3,(H,37,44)(H,38,45)/t26-,27-,29-,30+,32-/m0/s1. The summed E-state index contributed by atoms with van der Waals surface area (Å²) in [5.74, 6) is -1.32. The van der Waals surface area contributed by atoms with Crippen LogP contribution in [0.2, 0.25) is 0 Å². The Morgan fingerprint density at radius 3 is 2.33 bits per heavy atom. The smallest absolute Gasteiger partial charge is 0.320 e. The first kappa shape index (κ1) is 35.5. The first-order valence-corrected chi connectivity index (χ1v) is 16.4. The third-order valence-electron chi connectivity index (χ3n) is 8.35. The predicted molar refractivity (Wildman–Crippen MR) is 177 cm³/mol. The molecule has 2 aromatic carbocycles. The van der Waals surface area contributed by atoms with Crippen molar-refractivity contribution in [1.82, 2.24) is 20.4 Å². The van der Waals surface area contributed by atoms with Gasteiger partial charge in [0.05, 0.1) is 24.8 Å². The molecule has 1 aliphatic heterocycles. The maximum Gasteiger partial charge on any atom is 0.320 e. The maximum absolute atomic E-state index is 13.8. The summed E-state index contributed by atoms with van der Waals surface area (Å²) in [6.07, 6.45) is -0.543. The monoisotopic (exact) mass is 636 g/mol. The van der Waals surface area contributed by atoms with E-state index >= 15 is 0 Å². The van der Waals surface area contributed by atoms with Crippen LogP contribution in [0.3, 0.4) is 0 Å². The fraction of sp³-hybridized carbons (Fsp3) is 0.583. The number of benzene rings is 2. The van der Waals surface area contributed by atoms with Gasteiger partial charge in [0.15, 0.2) is 0 Å². The molecule has 2 aliphatic rings. The molecule has 2 amide bonds. The van der Waals surface area contributed by atoms with Crippen LogP contribution in [0.1, 0.15) is 70.7 Å². The molecule has 0 bridgehead atoms. The number of ether oxygens (including phenoxy) is 1. The normalized spacial score (nSPS) is 22.0.